The smallest absolute Gasteiger partial charge is 0.213 e. The second-order valence-corrected chi connectivity index (χ2v) is 4.05. The van der Waals surface area contributed by atoms with Crippen LogP contribution in [0, 0.1) is 0 Å². The summed E-state index contributed by atoms with van der Waals surface area (Å²) < 4.78 is 5.39. The number of hydrogen-bond acceptors (Lipinski definition) is 4. The molecule has 0 unspecified atom stereocenters. The first-order valence-corrected chi connectivity index (χ1v) is 6.19. The third-order valence-corrected chi connectivity index (χ3v) is 2.73. The first-order valence-electron chi connectivity index (χ1n) is 6.19. The van der Waals surface area contributed by atoms with E-state index in [4.69, 9.17) is 4.74 Å². The van der Waals surface area contributed by atoms with Crippen LogP contribution in [-0.2, 0) is 0 Å². The Morgan fingerprint density at radius 2 is 1.89 bits per heavy atom. The van der Waals surface area contributed by atoms with Crippen LogP contribution in [0.15, 0.2) is 48.7 Å². The van der Waals surface area contributed by atoms with Crippen molar-refractivity contribution in [2.24, 2.45) is 0 Å². The fraction of sp³-hybridized carbons (Fsp3) is 0.133. The number of ether oxygens (including phenoxy) is 1. The van der Waals surface area contributed by atoms with Gasteiger partial charge in [0.1, 0.15) is 5.69 Å². The molecule has 3 rings (SSSR count). The van der Waals surface area contributed by atoms with Crippen molar-refractivity contribution in [2.75, 3.05) is 6.61 Å². The molecule has 0 N–H and O–H groups in total. The molecule has 0 saturated carbocycles. The molecule has 0 aliphatic heterocycles. The van der Waals surface area contributed by atoms with Crippen LogP contribution in [0.5, 0.6) is 5.88 Å². The fourth-order valence-electron chi connectivity index (χ4n) is 1.86. The van der Waals surface area contributed by atoms with Gasteiger partial charge in [0.2, 0.25) is 5.88 Å². The molecule has 0 spiro atoms. The summed E-state index contributed by atoms with van der Waals surface area (Å²) in [5.41, 5.74) is 1.63. The van der Waals surface area contributed by atoms with Crippen molar-refractivity contribution in [1.29, 1.82) is 0 Å². The van der Waals surface area contributed by atoms with Crippen LogP contribution in [0.3, 0.4) is 0 Å². The topological polar surface area (TPSA) is 47.9 Å². The minimum atomic E-state index is 0.592. The van der Waals surface area contributed by atoms with Crippen molar-refractivity contribution < 1.29 is 4.74 Å². The van der Waals surface area contributed by atoms with Gasteiger partial charge in [-0.05, 0) is 19.1 Å². The third kappa shape index (κ3) is 2.38. The van der Waals surface area contributed by atoms with Crippen LogP contribution in [0.25, 0.3) is 22.4 Å². The van der Waals surface area contributed by atoms with Gasteiger partial charge in [-0.1, -0.05) is 24.3 Å². The maximum Gasteiger partial charge on any atom is 0.213 e. The first kappa shape index (κ1) is 11.6. The highest BCUT2D eigenvalue weighted by Crippen LogP contribution is 2.18. The zero-order valence-corrected chi connectivity index (χ0v) is 10.6. The van der Waals surface area contributed by atoms with Gasteiger partial charge in [0.05, 0.1) is 12.1 Å². The minimum Gasteiger partial charge on any atom is -0.478 e. The molecule has 0 aliphatic carbocycles. The van der Waals surface area contributed by atoms with Crippen LogP contribution in [0.4, 0.5) is 0 Å². The molecule has 2 heterocycles. The SMILES string of the molecule is CCOc1cccc(-c2ncc3ccccc3n2)n1. The van der Waals surface area contributed by atoms with E-state index in [9.17, 15) is 0 Å². The second kappa shape index (κ2) is 5.02. The summed E-state index contributed by atoms with van der Waals surface area (Å²) in [4.78, 5) is 13.3. The molecule has 19 heavy (non-hydrogen) atoms. The summed E-state index contributed by atoms with van der Waals surface area (Å²) in [5.74, 6) is 1.21. The summed E-state index contributed by atoms with van der Waals surface area (Å²) in [6.07, 6.45) is 1.81. The summed E-state index contributed by atoms with van der Waals surface area (Å²) in [5, 5.41) is 1.02. The molecule has 0 bridgehead atoms. The maximum absolute atomic E-state index is 5.39. The van der Waals surface area contributed by atoms with Gasteiger partial charge in [-0.2, -0.15) is 0 Å². The largest absolute Gasteiger partial charge is 0.478 e. The number of nitrogens with zero attached hydrogens (tertiary/aromatic N) is 3. The summed E-state index contributed by atoms with van der Waals surface area (Å²) in [6.45, 7) is 2.52. The molecule has 1 aromatic carbocycles. The molecular weight excluding hydrogens is 238 g/mol. The molecule has 3 aromatic rings. The van der Waals surface area contributed by atoms with Crippen LogP contribution in [0.2, 0.25) is 0 Å². The number of fused-ring (bicyclic) bond motifs is 1. The summed E-state index contributed by atoms with van der Waals surface area (Å²) >= 11 is 0. The fourth-order valence-corrected chi connectivity index (χ4v) is 1.86. The van der Waals surface area contributed by atoms with Gasteiger partial charge in [0.25, 0.3) is 0 Å². The van der Waals surface area contributed by atoms with Crippen molar-refractivity contribution in [3.05, 3.63) is 48.7 Å². The second-order valence-electron chi connectivity index (χ2n) is 4.05. The maximum atomic E-state index is 5.39. The van der Waals surface area contributed by atoms with E-state index in [-0.39, 0.29) is 0 Å². The minimum absolute atomic E-state index is 0.592. The van der Waals surface area contributed by atoms with E-state index in [1.165, 1.54) is 0 Å². The number of benzene rings is 1. The van der Waals surface area contributed by atoms with E-state index in [0.717, 1.165) is 16.6 Å². The van der Waals surface area contributed by atoms with Gasteiger partial charge >= 0.3 is 0 Å². The lowest BCUT2D eigenvalue weighted by Crippen LogP contribution is -1.97. The summed E-state index contributed by atoms with van der Waals surface area (Å²) in [7, 11) is 0. The van der Waals surface area contributed by atoms with E-state index >= 15 is 0 Å². The van der Waals surface area contributed by atoms with Crippen LogP contribution < -0.4 is 4.74 Å². The Bertz CT molecular complexity index is 712. The normalized spacial score (nSPS) is 10.6. The highest BCUT2D eigenvalue weighted by Gasteiger charge is 2.05. The zero-order valence-electron chi connectivity index (χ0n) is 10.6. The van der Waals surface area contributed by atoms with Crippen molar-refractivity contribution in [3.8, 4) is 17.4 Å². The Labute approximate surface area is 111 Å². The van der Waals surface area contributed by atoms with E-state index in [1.54, 1.807) is 0 Å². The molecular formula is C15H13N3O. The van der Waals surface area contributed by atoms with E-state index in [0.29, 0.717) is 18.3 Å². The standard InChI is InChI=1S/C15H13N3O/c1-2-19-14-9-5-8-13(17-14)15-16-10-11-6-3-4-7-12(11)18-15/h3-10H,2H2,1H3. The van der Waals surface area contributed by atoms with Gasteiger partial charge in [-0.3, -0.25) is 0 Å². The first-order chi connectivity index (χ1) is 9.36. The molecule has 4 nitrogen and oxygen atoms in total. The number of hydrogen-bond donors (Lipinski definition) is 0. The molecule has 0 amide bonds. The highest BCUT2D eigenvalue weighted by atomic mass is 16.5. The molecule has 0 radical (unpaired) electrons. The quantitative estimate of drug-likeness (QED) is 0.717. The van der Waals surface area contributed by atoms with Crippen molar-refractivity contribution in [2.45, 2.75) is 6.92 Å². The van der Waals surface area contributed by atoms with Crippen molar-refractivity contribution in [3.63, 3.8) is 0 Å². The van der Waals surface area contributed by atoms with E-state index < -0.39 is 0 Å². The molecule has 2 aromatic heterocycles. The van der Waals surface area contributed by atoms with Crippen LogP contribution in [0.1, 0.15) is 6.92 Å². The predicted octanol–water partition coefficient (Wildman–Crippen LogP) is 3.09. The predicted molar refractivity (Wildman–Crippen MR) is 73.9 cm³/mol. The van der Waals surface area contributed by atoms with Crippen molar-refractivity contribution in [1.82, 2.24) is 15.0 Å². The lowest BCUT2D eigenvalue weighted by atomic mass is 10.2. The average Bonchev–Trinajstić information content (AvgIpc) is 2.47. The van der Waals surface area contributed by atoms with E-state index in [1.807, 2.05) is 55.6 Å². The van der Waals surface area contributed by atoms with Crippen LogP contribution in [-0.4, -0.2) is 21.6 Å². The number of para-hydroxylation sites is 1. The Hall–Kier alpha value is -2.49. The van der Waals surface area contributed by atoms with Gasteiger partial charge in [-0.15, -0.1) is 0 Å². The molecule has 4 heteroatoms. The average molecular weight is 251 g/mol. The monoisotopic (exact) mass is 251 g/mol. The van der Waals surface area contributed by atoms with Gasteiger partial charge < -0.3 is 4.74 Å². The lowest BCUT2D eigenvalue weighted by Gasteiger charge is -2.04. The number of pyridine rings is 1. The summed E-state index contributed by atoms with van der Waals surface area (Å²) in [6, 6.07) is 13.5. The van der Waals surface area contributed by atoms with Crippen LogP contribution >= 0.6 is 0 Å². The number of rotatable bonds is 3. The van der Waals surface area contributed by atoms with E-state index in [2.05, 4.69) is 15.0 Å². The Morgan fingerprint density at radius 1 is 1.00 bits per heavy atom. The molecule has 0 atom stereocenters. The Kier molecular flexibility index (Phi) is 3.06. The Morgan fingerprint density at radius 3 is 2.79 bits per heavy atom. The van der Waals surface area contributed by atoms with Gasteiger partial charge in [0.15, 0.2) is 5.82 Å². The van der Waals surface area contributed by atoms with Gasteiger partial charge in [0, 0.05) is 17.6 Å². The number of aromatic nitrogens is 3. The van der Waals surface area contributed by atoms with Crippen molar-refractivity contribution >= 4 is 10.9 Å². The molecule has 0 saturated heterocycles. The highest BCUT2D eigenvalue weighted by molar-refractivity contribution is 5.79. The lowest BCUT2D eigenvalue weighted by molar-refractivity contribution is 0.327. The molecule has 0 aliphatic rings. The zero-order chi connectivity index (χ0) is 13.1. The Balaban J connectivity index is 2.05. The molecule has 94 valence electrons. The third-order valence-electron chi connectivity index (χ3n) is 2.73. The van der Waals surface area contributed by atoms with Gasteiger partial charge in [-0.25, -0.2) is 15.0 Å². The molecule has 0 fully saturated rings.